The molecule has 0 bridgehead atoms. The zero-order valence-electron chi connectivity index (χ0n) is 10.3. The SMILES string of the molecule is CC(C)[C@H]1C(=O)C=C2CC[C@@H]3O[C@@H]3C[C@@]21C. The molecule has 2 fully saturated rings. The molecule has 2 aliphatic carbocycles. The van der Waals surface area contributed by atoms with E-state index in [1.54, 1.807) is 0 Å². The summed E-state index contributed by atoms with van der Waals surface area (Å²) in [6, 6.07) is 0. The van der Waals surface area contributed by atoms with Crippen molar-refractivity contribution in [2.75, 3.05) is 0 Å². The van der Waals surface area contributed by atoms with Crippen molar-refractivity contribution in [1.29, 1.82) is 0 Å². The van der Waals surface area contributed by atoms with Gasteiger partial charge in [-0.1, -0.05) is 26.3 Å². The summed E-state index contributed by atoms with van der Waals surface area (Å²) < 4.78 is 5.66. The Bertz CT molecular complexity index is 369. The van der Waals surface area contributed by atoms with Crippen molar-refractivity contribution < 1.29 is 9.53 Å². The first-order chi connectivity index (χ1) is 7.52. The molecule has 1 saturated heterocycles. The van der Waals surface area contributed by atoms with Crippen LogP contribution in [0.1, 0.15) is 40.0 Å². The third kappa shape index (κ3) is 1.32. The first-order valence-corrected chi connectivity index (χ1v) is 6.43. The number of allylic oxidation sites excluding steroid dienone is 2. The van der Waals surface area contributed by atoms with Crippen molar-refractivity contribution >= 4 is 5.78 Å². The fraction of sp³-hybridized carbons (Fsp3) is 0.786. The molecule has 0 unspecified atom stereocenters. The standard InChI is InChI=1S/C14H20O2/c1-8(2)13-10(15)6-9-4-5-11-12(16-11)7-14(9,13)3/h6,8,11-13H,4-5,7H2,1-3H3/t11-,12+,13-,14-/m0/s1. The zero-order valence-corrected chi connectivity index (χ0v) is 10.3. The van der Waals surface area contributed by atoms with Crippen LogP contribution in [0.25, 0.3) is 0 Å². The van der Waals surface area contributed by atoms with Gasteiger partial charge in [-0.2, -0.15) is 0 Å². The van der Waals surface area contributed by atoms with Gasteiger partial charge in [-0.15, -0.1) is 0 Å². The molecule has 0 N–H and O–H groups in total. The number of ketones is 1. The van der Waals surface area contributed by atoms with Crippen molar-refractivity contribution in [2.24, 2.45) is 17.3 Å². The van der Waals surface area contributed by atoms with Crippen LogP contribution in [0.2, 0.25) is 0 Å². The lowest BCUT2D eigenvalue weighted by Crippen LogP contribution is -2.33. The molecule has 88 valence electrons. The van der Waals surface area contributed by atoms with Crippen molar-refractivity contribution in [2.45, 2.75) is 52.2 Å². The lowest BCUT2D eigenvalue weighted by Gasteiger charge is -2.35. The van der Waals surface area contributed by atoms with Gasteiger partial charge in [0.2, 0.25) is 0 Å². The first kappa shape index (κ1) is 10.5. The maximum Gasteiger partial charge on any atom is 0.159 e. The van der Waals surface area contributed by atoms with E-state index >= 15 is 0 Å². The van der Waals surface area contributed by atoms with E-state index in [9.17, 15) is 4.79 Å². The predicted molar refractivity (Wildman–Crippen MR) is 62.0 cm³/mol. The quantitative estimate of drug-likeness (QED) is 0.636. The Morgan fingerprint density at radius 2 is 2.19 bits per heavy atom. The summed E-state index contributed by atoms with van der Waals surface area (Å²) in [7, 11) is 0. The molecule has 1 saturated carbocycles. The second kappa shape index (κ2) is 3.19. The van der Waals surface area contributed by atoms with Gasteiger partial charge in [0.15, 0.2) is 5.78 Å². The number of hydrogen-bond donors (Lipinski definition) is 0. The van der Waals surface area contributed by atoms with E-state index in [1.807, 2.05) is 6.08 Å². The molecule has 1 aliphatic heterocycles. The van der Waals surface area contributed by atoms with Crippen LogP contribution in [0, 0.1) is 17.3 Å². The van der Waals surface area contributed by atoms with Crippen LogP contribution in [0.3, 0.4) is 0 Å². The molecule has 3 aliphatic rings. The lowest BCUT2D eigenvalue weighted by atomic mass is 9.68. The maximum atomic E-state index is 12.1. The summed E-state index contributed by atoms with van der Waals surface area (Å²) >= 11 is 0. The first-order valence-electron chi connectivity index (χ1n) is 6.43. The van der Waals surface area contributed by atoms with Gasteiger partial charge in [-0.3, -0.25) is 4.79 Å². The molecule has 0 aromatic rings. The molecule has 3 rings (SSSR count). The van der Waals surface area contributed by atoms with E-state index in [2.05, 4.69) is 20.8 Å². The molecular weight excluding hydrogens is 200 g/mol. The van der Waals surface area contributed by atoms with Crippen LogP contribution >= 0.6 is 0 Å². The highest BCUT2D eigenvalue weighted by atomic mass is 16.6. The van der Waals surface area contributed by atoms with Crippen molar-refractivity contribution in [3.05, 3.63) is 11.6 Å². The summed E-state index contributed by atoms with van der Waals surface area (Å²) in [4.78, 5) is 12.1. The second-order valence-electron chi connectivity index (χ2n) is 6.17. The fourth-order valence-electron chi connectivity index (χ4n) is 3.95. The normalized spacial score (nSPS) is 46.1. The molecule has 0 spiro atoms. The van der Waals surface area contributed by atoms with E-state index in [1.165, 1.54) is 5.57 Å². The molecule has 1 heterocycles. The van der Waals surface area contributed by atoms with Gasteiger partial charge in [0.25, 0.3) is 0 Å². The summed E-state index contributed by atoms with van der Waals surface area (Å²) in [6.07, 6.45) is 6.10. The van der Waals surface area contributed by atoms with Gasteiger partial charge in [-0.25, -0.2) is 0 Å². The van der Waals surface area contributed by atoms with Crippen LogP contribution in [-0.2, 0) is 9.53 Å². The highest BCUT2D eigenvalue weighted by Crippen LogP contribution is 2.55. The van der Waals surface area contributed by atoms with Crippen LogP contribution in [0.15, 0.2) is 11.6 Å². The van der Waals surface area contributed by atoms with E-state index in [4.69, 9.17) is 4.74 Å². The summed E-state index contributed by atoms with van der Waals surface area (Å²) in [5.41, 5.74) is 1.48. The minimum absolute atomic E-state index is 0.0845. The Kier molecular flexibility index (Phi) is 2.10. The fourth-order valence-corrected chi connectivity index (χ4v) is 3.95. The molecule has 2 heteroatoms. The van der Waals surface area contributed by atoms with Gasteiger partial charge >= 0.3 is 0 Å². The van der Waals surface area contributed by atoms with Crippen LogP contribution in [0.4, 0.5) is 0 Å². The highest BCUT2D eigenvalue weighted by molar-refractivity contribution is 5.96. The van der Waals surface area contributed by atoms with Gasteiger partial charge in [0.05, 0.1) is 12.2 Å². The number of ether oxygens (including phenoxy) is 1. The van der Waals surface area contributed by atoms with Gasteiger partial charge in [0.1, 0.15) is 0 Å². The monoisotopic (exact) mass is 220 g/mol. The Morgan fingerprint density at radius 3 is 2.88 bits per heavy atom. The van der Waals surface area contributed by atoms with Crippen molar-refractivity contribution in [3.63, 3.8) is 0 Å². The number of rotatable bonds is 1. The molecule has 0 aromatic heterocycles. The average molecular weight is 220 g/mol. The number of epoxide rings is 1. The minimum atomic E-state index is 0.0845. The molecule has 0 amide bonds. The topological polar surface area (TPSA) is 29.6 Å². The third-order valence-electron chi connectivity index (χ3n) is 4.72. The Balaban J connectivity index is 1.97. The zero-order chi connectivity index (χ0) is 11.5. The van der Waals surface area contributed by atoms with E-state index in [0.29, 0.717) is 23.9 Å². The smallest absolute Gasteiger partial charge is 0.159 e. The molecule has 2 nitrogen and oxygen atoms in total. The number of hydrogen-bond acceptors (Lipinski definition) is 2. The third-order valence-corrected chi connectivity index (χ3v) is 4.72. The maximum absolute atomic E-state index is 12.1. The van der Waals surface area contributed by atoms with Gasteiger partial charge in [0, 0.05) is 11.3 Å². The molecule has 4 atom stereocenters. The average Bonchev–Trinajstić information content (AvgIpc) is 2.84. The molecular formula is C14H20O2. The summed E-state index contributed by atoms with van der Waals surface area (Å²) in [5.74, 6) is 0.971. The molecule has 0 aromatic carbocycles. The summed E-state index contributed by atoms with van der Waals surface area (Å²) in [5, 5.41) is 0. The Morgan fingerprint density at radius 1 is 1.44 bits per heavy atom. The van der Waals surface area contributed by atoms with Gasteiger partial charge in [-0.05, 0) is 31.3 Å². The molecule has 16 heavy (non-hydrogen) atoms. The highest BCUT2D eigenvalue weighted by Gasteiger charge is 2.55. The Labute approximate surface area is 97.1 Å². The second-order valence-corrected chi connectivity index (χ2v) is 6.17. The van der Waals surface area contributed by atoms with Crippen LogP contribution < -0.4 is 0 Å². The van der Waals surface area contributed by atoms with E-state index in [-0.39, 0.29) is 11.3 Å². The van der Waals surface area contributed by atoms with Crippen LogP contribution in [0.5, 0.6) is 0 Å². The van der Waals surface area contributed by atoms with E-state index < -0.39 is 0 Å². The summed E-state index contributed by atoms with van der Waals surface area (Å²) in [6.45, 7) is 6.61. The number of carbonyl (C=O) groups is 1. The number of carbonyl (C=O) groups excluding carboxylic acids is 1. The minimum Gasteiger partial charge on any atom is -0.370 e. The van der Waals surface area contributed by atoms with Crippen molar-refractivity contribution in [3.8, 4) is 0 Å². The lowest BCUT2D eigenvalue weighted by molar-refractivity contribution is -0.121. The van der Waals surface area contributed by atoms with Gasteiger partial charge < -0.3 is 4.74 Å². The van der Waals surface area contributed by atoms with E-state index in [0.717, 1.165) is 19.3 Å². The number of fused-ring (bicyclic) bond motifs is 2. The largest absolute Gasteiger partial charge is 0.370 e. The Hall–Kier alpha value is -0.630. The van der Waals surface area contributed by atoms with Crippen molar-refractivity contribution in [1.82, 2.24) is 0 Å². The predicted octanol–water partition coefficient (Wildman–Crippen LogP) is 2.73. The molecule has 0 radical (unpaired) electrons. The van der Waals surface area contributed by atoms with Crippen LogP contribution in [-0.4, -0.2) is 18.0 Å².